The van der Waals surface area contributed by atoms with E-state index in [0.29, 0.717) is 0 Å². The second kappa shape index (κ2) is 8.31. The van der Waals surface area contributed by atoms with Gasteiger partial charge in [0, 0.05) is 22.7 Å². The number of furan rings is 1. The number of ether oxygens (including phenoxy) is 2. The quantitative estimate of drug-likeness (QED) is 0.591. The van der Waals surface area contributed by atoms with Gasteiger partial charge in [-0.15, -0.1) is 0 Å². The van der Waals surface area contributed by atoms with Gasteiger partial charge >= 0.3 is 11.9 Å². The summed E-state index contributed by atoms with van der Waals surface area (Å²) in [4.78, 5) is 38.4. The third-order valence-electron chi connectivity index (χ3n) is 9.63. The Balaban J connectivity index is 1.64. The minimum absolute atomic E-state index is 0.0280. The molecule has 9 atom stereocenters. The average molecular weight is 523 g/mol. The number of hydrogen-bond donors (Lipinski definition) is 1. The number of rotatable bonds is 4. The maximum absolute atomic E-state index is 17.3. The maximum atomic E-state index is 17.3. The molecule has 1 aromatic heterocycles. The molecule has 5 rings (SSSR count). The van der Waals surface area contributed by atoms with Gasteiger partial charge in [-0.25, -0.2) is 22.8 Å². The van der Waals surface area contributed by atoms with Crippen molar-refractivity contribution in [3.63, 3.8) is 0 Å². The molecule has 7 nitrogen and oxygen atoms in total. The van der Waals surface area contributed by atoms with E-state index in [0.717, 1.165) is 6.08 Å². The molecule has 4 aliphatic carbocycles. The summed E-state index contributed by atoms with van der Waals surface area (Å²) in [7, 11) is 0. The van der Waals surface area contributed by atoms with Crippen LogP contribution in [0.5, 0.6) is 0 Å². The van der Waals surface area contributed by atoms with E-state index in [2.05, 4.69) is 0 Å². The van der Waals surface area contributed by atoms with Gasteiger partial charge in [0.05, 0.1) is 12.4 Å². The number of alkyl halides is 3. The molecular weight excluding hydrogens is 493 g/mol. The van der Waals surface area contributed by atoms with Gasteiger partial charge < -0.3 is 19.0 Å². The summed E-state index contributed by atoms with van der Waals surface area (Å²) in [5.74, 6) is -5.48. The minimum atomic E-state index is -2.38. The Hall–Kier alpha value is -2.88. The number of fused-ring (bicyclic) bond motifs is 5. The van der Waals surface area contributed by atoms with E-state index in [1.807, 2.05) is 0 Å². The molecule has 3 saturated carbocycles. The highest BCUT2D eigenvalue weighted by Gasteiger charge is 2.78. The minimum Gasteiger partial charge on any atom is -0.457 e. The largest absolute Gasteiger partial charge is 0.457 e. The van der Waals surface area contributed by atoms with Crippen LogP contribution < -0.4 is 0 Å². The van der Waals surface area contributed by atoms with Crippen molar-refractivity contribution in [3.8, 4) is 0 Å². The monoisotopic (exact) mass is 522 g/mol. The van der Waals surface area contributed by atoms with Gasteiger partial charge in [0.2, 0.25) is 18.2 Å². The number of hydrogen-bond acceptors (Lipinski definition) is 7. The highest BCUT2D eigenvalue weighted by molar-refractivity contribution is 6.01. The molecule has 3 fully saturated rings. The zero-order chi connectivity index (χ0) is 27.0. The lowest BCUT2D eigenvalue weighted by Crippen LogP contribution is -2.71. The Labute approximate surface area is 211 Å². The smallest absolute Gasteiger partial charge is 0.375 e. The molecule has 10 heteroatoms. The number of carbonyl (C=O) groups is 3. The van der Waals surface area contributed by atoms with Crippen molar-refractivity contribution in [2.75, 3.05) is 6.86 Å². The number of halogens is 3. The van der Waals surface area contributed by atoms with Crippen molar-refractivity contribution in [1.82, 2.24) is 0 Å². The molecule has 1 N–H and O–H groups in total. The van der Waals surface area contributed by atoms with E-state index in [1.54, 1.807) is 13.8 Å². The van der Waals surface area contributed by atoms with Crippen molar-refractivity contribution < 1.29 is 46.6 Å². The lowest BCUT2D eigenvalue weighted by atomic mass is 9.44. The summed E-state index contributed by atoms with van der Waals surface area (Å²) in [6.07, 6.45) is 0.836. The highest BCUT2D eigenvalue weighted by atomic mass is 19.1. The Morgan fingerprint density at radius 2 is 1.97 bits per heavy atom. The van der Waals surface area contributed by atoms with Crippen molar-refractivity contribution in [2.24, 2.45) is 28.6 Å². The fraction of sp³-hybridized carbons (Fsp3) is 0.593. The summed E-state index contributed by atoms with van der Waals surface area (Å²) >= 11 is 0. The van der Waals surface area contributed by atoms with Gasteiger partial charge in [-0.05, 0) is 62.0 Å². The zero-order valence-corrected chi connectivity index (χ0v) is 20.7. The van der Waals surface area contributed by atoms with E-state index in [4.69, 9.17) is 13.9 Å². The molecule has 2 unspecified atom stereocenters. The summed E-state index contributed by atoms with van der Waals surface area (Å²) in [5.41, 5.74) is -7.56. The van der Waals surface area contributed by atoms with Crippen molar-refractivity contribution in [1.29, 1.82) is 0 Å². The highest BCUT2D eigenvalue weighted by Crippen LogP contribution is 2.71. The Morgan fingerprint density at radius 1 is 1.24 bits per heavy atom. The Morgan fingerprint density at radius 3 is 2.62 bits per heavy atom. The molecule has 0 bridgehead atoms. The fourth-order valence-corrected chi connectivity index (χ4v) is 7.97. The third kappa shape index (κ3) is 3.14. The molecule has 0 amide bonds. The third-order valence-corrected chi connectivity index (χ3v) is 9.63. The molecule has 4 aliphatic rings. The molecule has 200 valence electrons. The van der Waals surface area contributed by atoms with Gasteiger partial charge in [0.15, 0.2) is 11.5 Å². The second-order valence-corrected chi connectivity index (χ2v) is 11.1. The van der Waals surface area contributed by atoms with Crippen LogP contribution in [0, 0.1) is 28.6 Å². The summed E-state index contributed by atoms with van der Waals surface area (Å²) in [6, 6.07) is 2.78. The fourth-order valence-electron chi connectivity index (χ4n) is 7.97. The molecule has 0 spiro atoms. The first-order chi connectivity index (χ1) is 17.4. The van der Waals surface area contributed by atoms with Gasteiger partial charge in [0.1, 0.15) is 6.17 Å². The van der Waals surface area contributed by atoms with E-state index >= 15 is 8.78 Å². The van der Waals surface area contributed by atoms with E-state index in [1.165, 1.54) is 37.5 Å². The molecule has 0 saturated heterocycles. The molecule has 1 aromatic rings. The van der Waals surface area contributed by atoms with E-state index in [9.17, 15) is 23.9 Å². The predicted octanol–water partition coefficient (Wildman–Crippen LogP) is 4.21. The van der Waals surface area contributed by atoms with Crippen LogP contribution in [0.25, 0.3) is 0 Å². The van der Waals surface area contributed by atoms with Crippen molar-refractivity contribution in [3.05, 3.63) is 48.0 Å². The first-order valence-electron chi connectivity index (χ1n) is 12.3. The molecule has 0 aliphatic heterocycles. The molecule has 1 heterocycles. The van der Waals surface area contributed by atoms with Crippen molar-refractivity contribution >= 4 is 17.7 Å². The first-order valence-corrected chi connectivity index (χ1v) is 12.3. The van der Waals surface area contributed by atoms with Gasteiger partial charge in [-0.1, -0.05) is 19.9 Å². The lowest BCUT2D eigenvalue weighted by Gasteiger charge is -2.63. The standard InChI is InChI=1S/C27H29F3O7/c1-14-9-16-17-11-19(29)18-10-15(31)6-7-24(18,2)26(17,30)21(32)12-25(16,3)27(14,23(34)36-13-28)37-22(33)20-5-4-8-35-20/h4-8,10,14,16-17,19,21,32H,9,11-13H2,1-3H3/t14-,16+,17?,19+,21?,24+,25+,26+,27+/m1/s1. The van der Waals surface area contributed by atoms with Crippen LogP contribution >= 0.6 is 0 Å². The number of carbonyl (C=O) groups excluding carboxylic acids is 3. The summed E-state index contributed by atoms with van der Waals surface area (Å²) in [5, 5.41) is 11.5. The first kappa shape index (κ1) is 25.8. The van der Waals surface area contributed by atoms with Gasteiger partial charge in [-0.3, -0.25) is 4.79 Å². The normalized spacial score (nSPS) is 44.4. The molecule has 0 aromatic carbocycles. The van der Waals surface area contributed by atoms with Crippen LogP contribution in [0.4, 0.5) is 13.2 Å². The van der Waals surface area contributed by atoms with Gasteiger partial charge in [-0.2, -0.15) is 0 Å². The SMILES string of the molecule is C[C@@H]1C[C@H]2C3C[C@H](F)C4=CC(=O)C=C[C@]4(C)[C@@]3(F)C(O)C[C@]2(C)[C@@]1(OC(=O)c1ccco1)C(=O)OCF. The number of esters is 2. The topological polar surface area (TPSA) is 103 Å². The van der Waals surface area contributed by atoms with Crippen LogP contribution in [0.1, 0.15) is 50.6 Å². The molecule has 0 radical (unpaired) electrons. The van der Waals surface area contributed by atoms with Crippen LogP contribution in [0.2, 0.25) is 0 Å². The number of aliphatic hydroxyl groups excluding tert-OH is 1. The maximum Gasteiger partial charge on any atom is 0.375 e. The number of ketones is 1. The average Bonchev–Trinajstić information content (AvgIpc) is 3.45. The second-order valence-electron chi connectivity index (χ2n) is 11.1. The predicted molar refractivity (Wildman–Crippen MR) is 122 cm³/mol. The van der Waals surface area contributed by atoms with Crippen molar-refractivity contribution in [2.45, 2.75) is 63.6 Å². The number of aliphatic hydroxyl groups is 1. The summed E-state index contributed by atoms with van der Waals surface area (Å²) < 4.78 is 61.9. The Kier molecular flexibility index (Phi) is 5.79. The van der Waals surface area contributed by atoms with Crippen LogP contribution in [-0.2, 0) is 19.1 Å². The van der Waals surface area contributed by atoms with E-state index in [-0.39, 0.29) is 30.6 Å². The Bertz CT molecular complexity index is 1190. The molecule has 37 heavy (non-hydrogen) atoms. The van der Waals surface area contributed by atoms with Crippen LogP contribution in [0.3, 0.4) is 0 Å². The van der Waals surface area contributed by atoms with Gasteiger partial charge in [0.25, 0.3) is 0 Å². The zero-order valence-electron chi connectivity index (χ0n) is 20.7. The van der Waals surface area contributed by atoms with Crippen LogP contribution in [0.15, 0.2) is 46.6 Å². The lowest BCUT2D eigenvalue weighted by molar-refractivity contribution is -0.232. The molecular formula is C27H29F3O7. The number of allylic oxidation sites excluding steroid dienone is 4. The summed E-state index contributed by atoms with van der Waals surface area (Å²) in [6.45, 7) is 3.15. The van der Waals surface area contributed by atoms with Crippen LogP contribution in [-0.4, -0.2) is 53.2 Å². The van der Waals surface area contributed by atoms with E-state index < -0.39 is 76.7 Å².